The third kappa shape index (κ3) is 2.99. The summed E-state index contributed by atoms with van der Waals surface area (Å²) in [5, 5.41) is 0.827. The zero-order chi connectivity index (χ0) is 15.7. The van der Waals surface area contributed by atoms with Crippen molar-refractivity contribution < 1.29 is 13.2 Å². The highest BCUT2D eigenvalue weighted by Crippen LogP contribution is 2.23. The summed E-state index contributed by atoms with van der Waals surface area (Å²) in [5.41, 5.74) is 1.50. The van der Waals surface area contributed by atoms with Crippen molar-refractivity contribution in [3.63, 3.8) is 0 Å². The van der Waals surface area contributed by atoms with Crippen molar-refractivity contribution in [3.8, 4) is 0 Å². The Labute approximate surface area is 130 Å². The highest BCUT2D eigenvalue weighted by molar-refractivity contribution is 7.89. The molecule has 2 aromatic rings. The number of aromatic nitrogens is 1. The fraction of sp³-hybridized carbons (Fsp3) is 0.438. The van der Waals surface area contributed by atoms with Gasteiger partial charge in [0.05, 0.1) is 11.6 Å². The molecule has 0 saturated carbocycles. The minimum Gasteiger partial charge on any atom is -0.377 e. The molecule has 2 heterocycles. The van der Waals surface area contributed by atoms with E-state index in [2.05, 4.69) is 9.71 Å². The molecule has 0 spiro atoms. The molecule has 1 aliphatic rings. The van der Waals surface area contributed by atoms with E-state index < -0.39 is 10.0 Å². The minimum absolute atomic E-state index is 0.0556. The van der Waals surface area contributed by atoms with Gasteiger partial charge >= 0.3 is 0 Å². The van der Waals surface area contributed by atoms with Gasteiger partial charge in [0.2, 0.25) is 10.0 Å². The van der Waals surface area contributed by atoms with Gasteiger partial charge in [0.15, 0.2) is 0 Å². The summed E-state index contributed by atoms with van der Waals surface area (Å²) in [6.07, 6.45) is 3.49. The van der Waals surface area contributed by atoms with Crippen LogP contribution in [0.3, 0.4) is 0 Å². The number of para-hydroxylation sites is 1. The highest BCUT2D eigenvalue weighted by Gasteiger charge is 2.28. The first kappa shape index (κ1) is 15.4. The topological polar surface area (TPSA) is 68.3 Å². The van der Waals surface area contributed by atoms with Gasteiger partial charge in [-0.25, -0.2) is 13.1 Å². The predicted octanol–water partition coefficient (Wildman–Crippen LogP) is 2.39. The number of nitrogens with zero attached hydrogens (tertiary/aromatic N) is 1. The van der Waals surface area contributed by atoms with Gasteiger partial charge < -0.3 is 4.74 Å². The van der Waals surface area contributed by atoms with Gasteiger partial charge in [0, 0.05) is 24.2 Å². The number of ether oxygens (including phenoxy) is 1. The smallest absolute Gasteiger partial charge is 0.243 e. The fourth-order valence-electron chi connectivity index (χ4n) is 2.84. The second kappa shape index (κ2) is 5.95. The third-order valence-electron chi connectivity index (χ3n) is 3.96. The van der Waals surface area contributed by atoms with Gasteiger partial charge in [-0.15, -0.1) is 0 Å². The number of fused-ring (bicyclic) bond motifs is 1. The van der Waals surface area contributed by atoms with E-state index in [0.717, 1.165) is 23.8 Å². The van der Waals surface area contributed by atoms with Gasteiger partial charge in [-0.2, -0.15) is 0 Å². The Balaban J connectivity index is 1.95. The molecule has 5 nitrogen and oxygen atoms in total. The molecular formula is C16H20N2O3S. The molecule has 0 aliphatic carbocycles. The van der Waals surface area contributed by atoms with Crippen LogP contribution in [0.1, 0.15) is 25.3 Å². The van der Waals surface area contributed by atoms with Crippen LogP contribution in [-0.4, -0.2) is 32.2 Å². The quantitative estimate of drug-likeness (QED) is 0.939. The summed E-state index contributed by atoms with van der Waals surface area (Å²) >= 11 is 0. The number of hydrogen-bond donors (Lipinski definition) is 1. The summed E-state index contributed by atoms with van der Waals surface area (Å²) in [6, 6.07) is 6.89. The van der Waals surface area contributed by atoms with Gasteiger partial charge in [-0.05, 0) is 44.4 Å². The van der Waals surface area contributed by atoms with E-state index >= 15 is 0 Å². The van der Waals surface area contributed by atoms with E-state index in [1.54, 1.807) is 18.3 Å². The molecule has 1 N–H and O–H groups in total. The van der Waals surface area contributed by atoms with Crippen molar-refractivity contribution in [2.45, 2.75) is 43.7 Å². The molecule has 2 atom stereocenters. The maximum absolute atomic E-state index is 12.7. The Bertz CT molecular complexity index is 783. The Morgan fingerprint density at radius 3 is 2.95 bits per heavy atom. The van der Waals surface area contributed by atoms with Crippen LogP contribution in [0.5, 0.6) is 0 Å². The molecule has 118 valence electrons. The number of rotatable bonds is 4. The summed E-state index contributed by atoms with van der Waals surface area (Å²) in [6.45, 7) is 4.48. The van der Waals surface area contributed by atoms with Crippen molar-refractivity contribution >= 4 is 20.9 Å². The summed E-state index contributed by atoms with van der Waals surface area (Å²) in [7, 11) is -3.63. The zero-order valence-corrected chi connectivity index (χ0v) is 13.6. The van der Waals surface area contributed by atoms with Crippen LogP contribution in [0.4, 0.5) is 0 Å². The average molecular weight is 320 g/mol. The minimum atomic E-state index is -3.63. The standard InChI is InChI=1S/C16H20N2O3S/c1-11-9-13-5-3-7-15(16(13)17-10-11)22(19,20)18-12(2)14-6-4-8-21-14/h3,5,7,9-10,12,14,18H,4,6,8H2,1-2H3/t12-,14-/m0/s1. The van der Waals surface area contributed by atoms with Crippen LogP contribution in [-0.2, 0) is 14.8 Å². The Hall–Kier alpha value is -1.50. The molecule has 1 aliphatic heterocycles. The summed E-state index contributed by atoms with van der Waals surface area (Å²) in [4.78, 5) is 4.52. The highest BCUT2D eigenvalue weighted by atomic mass is 32.2. The predicted molar refractivity (Wildman–Crippen MR) is 85.2 cm³/mol. The lowest BCUT2D eigenvalue weighted by Gasteiger charge is -2.20. The lowest BCUT2D eigenvalue weighted by Crippen LogP contribution is -2.40. The van der Waals surface area contributed by atoms with Gasteiger partial charge in [0.25, 0.3) is 0 Å². The molecule has 3 rings (SSSR count). The average Bonchev–Trinajstić information content (AvgIpc) is 3.00. The van der Waals surface area contributed by atoms with E-state index in [9.17, 15) is 8.42 Å². The second-order valence-corrected chi connectivity index (χ2v) is 7.48. The van der Waals surface area contributed by atoms with Crippen molar-refractivity contribution in [1.29, 1.82) is 0 Å². The first-order valence-corrected chi connectivity index (χ1v) is 8.95. The maximum atomic E-state index is 12.7. The number of nitrogens with one attached hydrogen (secondary N) is 1. The fourth-order valence-corrected chi connectivity index (χ4v) is 4.29. The van der Waals surface area contributed by atoms with Crippen molar-refractivity contribution in [2.24, 2.45) is 0 Å². The molecule has 0 radical (unpaired) electrons. The number of sulfonamides is 1. The van der Waals surface area contributed by atoms with Crippen LogP contribution in [0, 0.1) is 6.92 Å². The van der Waals surface area contributed by atoms with Crippen molar-refractivity contribution in [2.75, 3.05) is 6.61 Å². The largest absolute Gasteiger partial charge is 0.377 e. The molecule has 22 heavy (non-hydrogen) atoms. The molecule has 0 unspecified atom stereocenters. The maximum Gasteiger partial charge on any atom is 0.243 e. The first-order valence-electron chi connectivity index (χ1n) is 7.47. The van der Waals surface area contributed by atoms with Crippen LogP contribution in [0.2, 0.25) is 0 Å². The molecule has 1 fully saturated rings. The molecular weight excluding hydrogens is 300 g/mol. The molecule has 0 bridgehead atoms. The normalized spacial score (nSPS) is 20.4. The van der Waals surface area contributed by atoms with E-state index in [1.807, 2.05) is 26.0 Å². The Morgan fingerprint density at radius 1 is 1.41 bits per heavy atom. The zero-order valence-electron chi connectivity index (χ0n) is 12.7. The summed E-state index contributed by atoms with van der Waals surface area (Å²) < 4.78 is 33.7. The van der Waals surface area contributed by atoms with E-state index in [-0.39, 0.29) is 17.0 Å². The monoisotopic (exact) mass is 320 g/mol. The number of pyridine rings is 1. The molecule has 1 aromatic heterocycles. The number of aryl methyl sites for hydroxylation is 1. The Kier molecular flexibility index (Phi) is 4.16. The van der Waals surface area contributed by atoms with Crippen LogP contribution < -0.4 is 4.72 Å². The van der Waals surface area contributed by atoms with E-state index in [0.29, 0.717) is 12.1 Å². The molecule has 0 amide bonds. The van der Waals surface area contributed by atoms with Gasteiger partial charge in [-0.1, -0.05) is 12.1 Å². The second-order valence-electron chi connectivity index (χ2n) is 5.80. The third-order valence-corrected chi connectivity index (χ3v) is 5.55. The lowest BCUT2D eigenvalue weighted by molar-refractivity contribution is 0.0902. The van der Waals surface area contributed by atoms with E-state index in [1.165, 1.54) is 0 Å². The molecule has 1 saturated heterocycles. The summed E-state index contributed by atoms with van der Waals surface area (Å²) in [5.74, 6) is 0. The SMILES string of the molecule is Cc1cnc2c(S(=O)(=O)N[C@@H](C)[C@@H]3CCCO3)cccc2c1. The number of benzene rings is 1. The van der Waals surface area contributed by atoms with E-state index in [4.69, 9.17) is 4.74 Å². The van der Waals surface area contributed by atoms with Gasteiger partial charge in [-0.3, -0.25) is 4.98 Å². The van der Waals surface area contributed by atoms with Crippen LogP contribution >= 0.6 is 0 Å². The number of hydrogen-bond acceptors (Lipinski definition) is 4. The molecule has 6 heteroatoms. The Morgan fingerprint density at radius 2 is 2.23 bits per heavy atom. The van der Waals surface area contributed by atoms with Gasteiger partial charge in [0.1, 0.15) is 4.90 Å². The van der Waals surface area contributed by atoms with Crippen LogP contribution in [0.15, 0.2) is 35.4 Å². The van der Waals surface area contributed by atoms with Crippen molar-refractivity contribution in [3.05, 3.63) is 36.0 Å². The van der Waals surface area contributed by atoms with Crippen LogP contribution in [0.25, 0.3) is 10.9 Å². The molecule has 1 aromatic carbocycles. The lowest BCUT2D eigenvalue weighted by atomic mass is 10.1. The first-order chi connectivity index (χ1) is 10.5. The van der Waals surface area contributed by atoms with Crippen molar-refractivity contribution in [1.82, 2.24) is 9.71 Å².